The number of carbonyl (C=O) groups is 1. The van der Waals surface area contributed by atoms with Crippen molar-refractivity contribution in [1.82, 2.24) is 15.3 Å². The number of hydrogen-bond donors (Lipinski definition) is 1. The van der Waals surface area contributed by atoms with Crippen LogP contribution in [0.15, 0.2) is 18.5 Å². The summed E-state index contributed by atoms with van der Waals surface area (Å²) < 4.78 is 22.9. The molecule has 1 saturated heterocycles. The predicted octanol–water partition coefficient (Wildman–Crippen LogP) is 3.69. The summed E-state index contributed by atoms with van der Waals surface area (Å²) in [5, 5.41) is 3.77. The van der Waals surface area contributed by atoms with E-state index in [0.717, 1.165) is 61.1 Å². The molecule has 1 aromatic carbocycles. The number of amides is 1. The van der Waals surface area contributed by atoms with Crippen LogP contribution in [0.5, 0.6) is 11.6 Å². The van der Waals surface area contributed by atoms with Crippen molar-refractivity contribution in [2.75, 3.05) is 38.3 Å². The average Bonchev–Trinajstić information content (AvgIpc) is 2.79. The maximum atomic E-state index is 12.1. The lowest BCUT2D eigenvalue weighted by Gasteiger charge is -2.32. The Morgan fingerprint density at radius 1 is 1.12 bits per heavy atom. The highest BCUT2D eigenvalue weighted by Crippen LogP contribution is 2.37. The molecule has 1 amide bonds. The summed E-state index contributed by atoms with van der Waals surface area (Å²) in [4.78, 5) is 23.2. The van der Waals surface area contributed by atoms with Crippen molar-refractivity contribution >= 4 is 22.7 Å². The van der Waals surface area contributed by atoms with Gasteiger partial charge in [-0.1, -0.05) is 0 Å². The van der Waals surface area contributed by atoms with E-state index in [4.69, 9.17) is 18.9 Å². The zero-order chi connectivity index (χ0) is 23.4. The molecule has 1 aliphatic heterocycles. The van der Waals surface area contributed by atoms with Gasteiger partial charge in [0.2, 0.25) is 5.88 Å². The fourth-order valence-corrected chi connectivity index (χ4v) is 4.34. The molecule has 2 fully saturated rings. The van der Waals surface area contributed by atoms with Crippen LogP contribution in [0.4, 0.5) is 10.5 Å². The van der Waals surface area contributed by atoms with Crippen LogP contribution in [-0.4, -0.2) is 67.2 Å². The normalized spacial score (nSPS) is 21.5. The fraction of sp³-hybridized carbons (Fsp3) is 0.625. The van der Waals surface area contributed by atoms with Gasteiger partial charge >= 0.3 is 6.09 Å². The van der Waals surface area contributed by atoms with Gasteiger partial charge in [0.25, 0.3) is 0 Å². The standard InChI is InChI=1S/C24H34N4O5/c1-24(2,3)33-23(29)27-16-5-7-18(8-6-16)32-20-14-17(28-9-11-31-12-10-28)13-19-21(20)22(30-4)26-15-25-19/h13-16,18H,5-12H2,1-4H3,(H,27,29)/t16-,18+. The molecular weight excluding hydrogens is 424 g/mol. The van der Waals surface area contributed by atoms with Gasteiger partial charge in [-0.15, -0.1) is 0 Å². The van der Waals surface area contributed by atoms with E-state index in [-0.39, 0.29) is 18.2 Å². The second-order valence-electron chi connectivity index (χ2n) is 9.56. The van der Waals surface area contributed by atoms with Crippen LogP contribution in [0.2, 0.25) is 0 Å². The van der Waals surface area contributed by atoms with Crippen molar-refractivity contribution in [2.45, 2.75) is 64.2 Å². The molecule has 9 nitrogen and oxygen atoms in total. The van der Waals surface area contributed by atoms with E-state index in [9.17, 15) is 4.79 Å². The second kappa shape index (κ2) is 9.99. The summed E-state index contributed by atoms with van der Waals surface area (Å²) in [6.07, 6.45) is 4.52. The minimum absolute atomic E-state index is 0.0368. The van der Waals surface area contributed by atoms with Crippen molar-refractivity contribution < 1.29 is 23.7 Å². The summed E-state index contributed by atoms with van der Waals surface area (Å²) >= 11 is 0. The quantitative estimate of drug-likeness (QED) is 0.725. The first-order valence-electron chi connectivity index (χ1n) is 11.6. The number of ether oxygens (including phenoxy) is 4. The van der Waals surface area contributed by atoms with E-state index in [1.165, 1.54) is 6.33 Å². The maximum absolute atomic E-state index is 12.1. The number of anilines is 1. The molecule has 180 valence electrons. The summed E-state index contributed by atoms with van der Waals surface area (Å²) in [6, 6.07) is 4.21. The molecule has 1 aliphatic carbocycles. The van der Waals surface area contributed by atoms with Gasteiger partial charge in [0, 0.05) is 30.9 Å². The van der Waals surface area contributed by atoms with Crippen molar-refractivity contribution in [3.05, 3.63) is 18.5 Å². The SMILES string of the molecule is COc1ncnc2cc(N3CCOCC3)cc(O[C@H]3CC[C@@H](NC(=O)OC(C)(C)C)CC3)c12. The average molecular weight is 459 g/mol. The molecule has 33 heavy (non-hydrogen) atoms. The third kappa shape index (κ3) is 5.96. The lowest BCUT2D eigenvalue weighted by Crippen LogP contribution is -2.42. The Balaban J connectivity index is 1.48. The van der Waals surface area contributed by atoms with Crippen LogP contribution in [0, 0.1) is 0 Å². The third-order valence-electron chi connectivity index (χ3n) is 5.91. The van der Waals surface area contributed by atoms with E-state index in [0.29, 0.717) is 19.1 Å². The Hall–Kier alpha value is -2.81. The molecule has 0 radical (unpaired) electrons. The lowest BCUT2D eigenvalue weighted by molar-refractivity contribution is 0.0471. The molecule has 1 N–H and O–H groups in total. The Labute approximate surface area is 194 Å². The zero-order valence-electron chi connectivity index (χ0n) is 19.9. The van der Waals surface area contributed by atoms with Gasteiger partial charge in [0.15, 0.2) is 0 Å². The number of aromatic nitrogens is 2. The first-order chi connectivity index (χ1) is 15.8. The molecular formula is C24H34N4O5. The third-order valence-corrected chi connectivity index (χ3v) is 5.91. The molecule has 1 saturated carbocycles. The summed E-state index contributed by atoms with van der Waals surface area (Å²) in [6.45, 7) is 8.66. The number of benzene rings is 1. The van der Waals surface area contributed by atoms with Gasteiger partial charge in [-0.05, 0) is 52.5 Å². The van der Waals surface area contributed by atoms with E-state index in [1.54, 1.807) is 7.11 Å². The number of carbonyl (C=O) groups excluding carboxylic acids is 1. The highest BCUT2D eigenvalue weighted by atomic mass is 16.6. The number of morpholine rings is 1. The second-order valence-corrected chi connectivity index (χ2v) is 9.56. The first kappa shape index (κ1) is 23.4. The van der Waals surface area contributed by atoms with Gasteiger partial charge in [0.05, 0.1) is 31.9 Å². The zero-order valence-corrected chi connectivity index (χ0v) is 19.9. The molecule has 0 unspecified atom stereocenters. The molecule has 1 aromatic heterocycles. The van der Waals surface area contributed by atoms with Crippen LogP contribution in [0.3, 0.4) is 0 Å². The van der Waals surface area contributed by atoms with E-state index < -0.39 is 5.60 Å². The number of methoxy groups -OCH3 is 1. The molecule has 2 aromatic rings. The van der Waals surface area contributed by atoms with Crippen molar-refractivity contribution in [3.63, 3.8) is 0 Å². The lowest BCUT2D eigenvalue weighted by atomic mass is 9.93. The number of nitrogens with one attached hydrogen (secondary N) is 1. The van der Waals surface area contributed by atoms with Crippen LogP contribution in [0.1, 0.15) is 46.5 Å². The number of fused-ring (bicyclic) bond motifs is 1. The number of rotatable bonds is 5. The molecule has 9 heteroatoms. The maximum Gasteiger partial charge on any atom is 0.407 e. The smallest absolute Gasteiger partial charge is 0.407 e. The van der Waals surface area contributed by atoms with Crippen LogP contribution in [0.25, 0.3) is 10.9 Å². The Morgan fingerprint density at radius 2 is 1.85 bits per heavy atom. The topological polar surface area (TPSA) is 95.0 Å². The van der Waals surface area contributed by atoms with E-state index in [2.05, 4.69) is 32.3 Å². The Bertz CT molecular complexity index is 963. The van der Waals surface area contributed by atoms with Gasteiger partial charge < -0.3 is 29.2 Å². The van der Waals surface area contributed by atoms with Gasteiger partial charge in [0.1, 0.15) is 23.1 Å². The summed E-state index contributed by atoms with van der Waals surface area (Å²) in [7, 11) is 1.61. The molecule has 4 rings (SSSR count). The van der Waals surface area contributed by atoms with Crippen LogP contribution >= 0.6 is 0 Å². The first-order valence-corrected chi connectivity index (χ1v) is 11.6. The molecule has 0 atom stereocenters. The van der Waals surface area contributed by atoms with E-state index in [1.807, 2.05) is 20.8 Å². The molecule has 2 heterocycles. The molecule has 0 spiro atoms. The molecule has 0 bridgehead atoms. The fourth-order valence-electron chi connectivity index (χ4n) is 4.34. The van der Waals surface area contributed by atoms with Gasteiger partial charge in [-0.3, -0.25) is 0 Å². The van der Waals surface area contributed by atoms with Crippen molar-refractivity contribution in [1.29, 1.82) is 0 Å². The largest absolute Gasteiger partial charge is 0.489 e. The summed E-state index contributed by atoms with van der Waals surface area (Å²) in [5.41, 5.74) is 1.35. The predicted molar refractivity (Wildman–Crippen MR) is 125 cm³/mol. The minimum Gasteiger partial charge on any atom is -0.489 e. The highest BCUT2D eigenvalue weighted by Gasteiger charge is 2.27. The Morgan fingerprint density at radius 3 is 2.52 bits per heavy atom. The number of nitrogens with zero attached hydrogens (tertiary/aromatic N) is 3. The van der Waals surface area contributed by atoms with Crippen molar-refractivity contribution in [2.24, 2.45) is 0 Å². The Kier molecular flexibility index (Phi) is 7.07. The minimum atomic E-state index is -0.502. The molecule has 2 aliphatic rings. The summed E-state index contributed by atoms with van der Waals surface area (Å²) in [5.74, 6) is 1.23. The van der Waals surface area contributed by atoms with Gasteiger partial charge in [-0.25, -0.2) is 14.8 Å². The number of alkyl carbamates (subject to hydrolysis) is 1. The van der Waals surface area contributed by atoms with Crippen LogP contribution in [-0.2, 0) is 9.47 Å². The number of hydrogen-bond acceptors (Lipinski definition) is 8. The van der Waals surface area contributed by atoms with Gasteiger partial charge in [-0.2, -0.15) is 0 Å². The van der Waals surface area contributed by atoms with E-state index >= 15 is 0 Å². The highest BCUT2D eigenvalue weighted by molar-refractivity contribution is 5.92. The monoisotopic (exact) mass is 458 g/mol. The van der Waals surface area contributed by atoms with Crippen LogP contribution < -0.4 is 19.7 Å². The van der Waals surface area contributed by atoms with Crippen molar-refractivity contribution in [3.8, 4) is 11.6 Å².